The van der Waals surface area contributed by atoms with Gasteiger partial charge in [0.1, 0.15) is 0 Å². The van der Waals surface area contributed by atoms with E-state index in [0.717, 1.165) is 41.7 Å². The molecule has 1 saturated heterocycles. The minimum absolute atomic E-state index is 0.0226. The number of likely N-dealkylation sites (tertiary alicyclic amines) is 1. The van der Waals surface area contributed by atoms with E-state index in [0.29, 0.717) is 6.04 Å². The van der Waals surface area contributed by atoms with Gasteiger partial charge in [-0.1, -0.05) is 30.3 Å². The third kappa shape index (κ3) is 3.50. The predicted molar refractivity (Wildman–Crippen MR) is 110 cm³/mol. The summed E-state index contributed by atoms with van der Waals surface area (Å²) in [6.45, 7) is 8.30. The van der Waals surface area contributed by atoms with E-state index in [-0.39, 0.29) is 11.9 Å². The quantitative estimate of drug-likeness (QED) is 0.726. The number of carbonyl (C=O) groups excluding carboxylic acids is 1. The monoisotopic (exact) mass is 361 g/mol. The number of benzene rings is 2. The molecule has 4 heteroatoms. The van der Waals surface area contributed by atoms with Crippen LogP contribution in [0.4, 0.5) is 0 Å². The molecule has 2 unspecified atom stereocenters. The Hall–Kier alpha value is -2.59. The van der Waals surface area contributed by atoms with Gasteiger partial charge in [0.2, 0.25) is 0 Å². The van der Waals surface area contributed by atoms with Crippen LogP contribution >= 0.6 is 0 Å². The Morgan fingerprint density at radius 2 is 1.96 bits per heavy atom. The topological polar surface area (TPSA) is 48.1 Å². The van der Waals surface area contributed by atoms with Crippen molar-refractivity contribution in [2.24, 2.45) is 0 Å². The van der Waals surface area contributed by atoms with Gasteiger partial charge in [0.05, 0.1) is 0 Å². The van der Waals surface area contributed by atoms with Crippen molar-refractivity contribution in [2.45, 2.75) is 39.3 Å². The first-order valence-electron chi connectivity index (χ1n) is 9.71. The Bertz CT molecular complexity index is 960. The summed E-state index contributed by atoms with van der Waals surface area (Å²) in [7, 11) is 0. The lowest BCUT2D eigenvalue weighted by molar-refractivity contribution is 0.0936. The minimum Gasteiger partial charge on any atom is -0.358 e. The summed E-state index contributed by atoms with van der Waals surface area (Å²) in [5.74, 6) is 0.0226. The largest absolute Gasteiger partial charge is 0.358 e. The summed E-state index contributed by atoms with van der Waals surface area (Å²) >= 11 is 0. The SMILES string of the molecule is Cc1[nH]c2ccc(C(=O)NC3CCN(C(C)c4ccccc4)C3)cc2c1C. The van der Waals surface area contributed by atoms with Gasteiger partial charge < -0.3 is 10.3 Å². The summed E-state index contributed by atoms with van der Waals surface area (Å²) in [5, 5.41) is 4.36. The average Bonchev–Trinajstić information content (AvgIpc) is 3.26. The van der Waals surface area contributed by atoms with E-state index in [1.165, 1.54) is 11.1 Å². The predicted octanol–water partition coefficient (Wildman–Crippen LogP) is 4.35. The number of nitrogens with zero attached hydrogens (tertiary/aromatic N) is 1. The second-order valence-corrected chi connectivity index (χ2v) is 7.68. The molecule has 2 heterocycles. The van der Waals surface area contributed by atoms with Crippen LogP contribution in [0.2, 0.25) is 0 Å². The molecule has 0 radical (unpaired) electrons. The van der Waals surface area contributed by atoms with Gasteiger partial charge in [-0.2, -0.15) is 0 Å². The molecule has 4 rings (SSSR count). The van der Waals surface area contributed by atoms with Crippen LogP contribution in [0.5, 0.6) is 0 Å². The molecule has 4 nitrogen and oxygen atoms in total. The lowest BCUT2D eigenvalue weighted by atomic mass is 10.1. The normalized spacial score (nSPS) is 18.7. The van der Waals surface area contributed by atoms with Crippen LogP contribution in [0.25, 0.3) is 10.9 Å². The molecule has 2 atom stereocenters. The highest BCUT2D eigenvalue weighted by atomic mass is 16.1. The van der Waals surface area contributed by atoms with E-state index in [2.05, 4.69) is 60.2 Å². The molecule has 140 valence electrons. The van der Waals surface area contributed by atoms with Crippen molar-refractivity contribution in [1.29, 1.82) is 0 Å². The molecule has 0 spiro atoms. The van der Waals surface area contributed by atoms with Gasteiger partial charge in [0.25, 0.3) is 5.91 Å². The van der Waals surface area contributed by atoms with Crippen molar-refractivity contribution >= 4 is 16.8 Å². The number of hydrogen-bond acceptors (Lipinski definition) is 2. The van der Waals surface area contributed by atoms with Gasteiger partial charge in [-0.3, -0.25) is 9.69 Å². The van der Waals surface area contributed by atoms with Gasteiger partial charge in [-0.25, -0.2) is 0 Å². The zero-order valence-electron chi connectivity index (χ0n) is 16.3. The summed E-state index contributed by atoms with van der Waals surface area (Å²) < 4.78 is 0. The maximum Gasteiger partial charge on any atom is 0.251 e. The third-order valence-electron chi connectivity index (χ3n) is 5.96. The fourth-order valence-corrected chi connectivity index (χ4v) is 4.07. The molecule has 3 aromatic rings. The van der Waals surface area contributed by atoms with E-state index in [9.17, 15) is 4.79 Å². The number of carbonyl (C=O) groups is 1. The van der Waals surface area contributed by atoms with E-state index in [4.69, 9.17) is 0 Å². The van der Waals surface area contributed by atoms with Crippen molar-refractivity contribution in [2.75, 3.05) is 13.1 Å². The Balaban J connectivity index is 1.42. The first kappa shape index (κ1) is 17.8. The first-order valence-corrected chi connectivity index (χ1v) is 9.71. The van der Waals surface area contributed by atoms with Crippen LogP contribution in [0.1, 0.15) is 46.6 Å². The van der Waals surface area contributed by atoms with E-state index >= 15 is 0 Å². The highest BCUT2D eigenvalue weighted by Gasteiger charge is 2.28. The molecule has 0 saturated carbocycles. The Morgan fingerprint density at radius 3 is 2.74 bits per heavy atom. The zero-order chi connectivity index (χ0) is 19.0. The number of fused-ring (bicyclic) bond motifs is 1. The first-order chi connectivity index (χ1) is 13.0. The number of H-pyrrole nitrogens is 1. The van der Waals surface area contributed by atoms with Gasteiger partial charge in [-0.05, 0) is 56.5 Å². The summed E-state index contributed by atoms with van der Waals surface area (Å²) in [5.41, 5.74) is 5.52. The number of amides is 1. The van der Waals surface area contributed by atoms with Crippen molar-refractivity contribution in [3.63, 3.8) is 0 Å². The van der Waals surface area contributed by atoms with E-state index in [1.54, 1.807) is 0 Å². The van der Waals surface area contributed by atoms with Crippen molar-refractivity contribution in [3.05, 3.63) is 70.9 Å². The maximum atomic E-state index is 12.8. The molecule has 1 aliphatic rings. The number of hydrogen-bond donors (Lipinski definition) is 2. The molecule has 2 N–H and O–H groups in total. The van der Waals surface area contributed by atoms with Gasteiger partial charge in [0.15, 0.2) is 0 Å². The zero-order valence-corrected chi connectivity index (χ0v) is 16.3. The van der Waals surface area contributed by atoms with Gasteiger partial charge in [0, 0.05) is 47.3 Å². The lowest BCUT2D eigenvalue weighted by Gasteiger charge is -2.24. The third-order valence-corrected chi connectivity index (χ3v) is 5.96. The molecule has 1 aliphatic heterocycles. The van der Waals surface area contributed by atoms with Crippen LogP contribution < -0.4 is 5.32 Å². The molecule has 1 amide bonds. The highest BCUT2D eigenvalue weighted by molar-refractivity contribution is 5.99. The maximum absolute atomic E-state index is 12.8. The van der Waals surface area contributed by atoms with E-state index < -0.39 is 0 Å². The number of nitrogens with one attached hydrogen (secondary N) is 2. The van der Waals surface area contributed by atoms with Crippen LogP contribution in [-0.4, -0.2) is 34.9 Å². The molecule has 27 heavy (non-hydrogen) atoms. The standard InChI is InChI=1S/C23H27N3O/c1-15-16(2)24-22-10-9-19(13-21(15)22)23(27)25-20-11-12-26(14-20)17(3)18-7-5-4-6-8-18/h4-10,13,17,20,24H,11-12,14H2,1-3H3,(H,25,27). The molecule has 0 bridgehead atoms. The highest BCUT2D eigenvalue weighted by Crippen LogP contribution is 2.25. The fraction of sp³-hybridized carbons (Fsp3) is 0.348. The Kier molecular flexibility index (Phi) is 4.75. The van der Waals surface area contributed by atoms with Gasteiger partial charge >= 0.3 is 0 Å². The summed E-state index contributed by atoms with van der Waals surface area (Å²) in [4.78, 5) is 18.6. The fourth-order valence-electron chi connectivity index (χ4n) is 4.07. The number of aryl methyl sites for hydroxylation is 2. The lowest BCUT2D eigenvalue weighted by Crippen LogP contribution is -2.37. The molecule has 1 aromatic heterocycles. The van der Waals surface area contributed by atoms with Crippen LogP contribution in [0.3, 0.4) is 0 Å². The van der Waals surface area contributed by atoms with E-state index in [1.807, 2.05) is 24.3 Å². The second-order valence-electron chi connectivity index (χ2n) is 7.68. The summed E-state index contributed by atoms with van der Waals surface area (Å²) in [6.07, 6.45) is 0.994. The number of aromatic amines is 1. The van der Waals surface area contributed by atoms with Crippen LogP contribution in [0.15, 0.2) is 48.5 Å². The van der Waals surface area contributed by atoms with Crippen LogP contribution in [-0.2, 0) is 0 Å². The summed E-state index contributed by atoms with van der Waals surface area (Å²) in [6, 6.07) is 17.1. The molecule has 0 aliphatic carbocycles. The average molecular weight is 361 g/mol. The van der Waals surface area contributed by atoms with Crippen molar-refractivity contribution in [1.82, 2.24) is 15.2 Å². The van der Waals surface area contributed by atoms with Crippen molar-refractivity contribution < 1.29 is 4.79 Å². The second kappa shape index (κ2) is 7.20. The van der Waals surface area contributed by atoms with Crippen molar-refractivity contribution in [3.8, 4) is 0 Å². The van der Waals surface area contributed by atoms with Gasteiger partial charge in [-0.15, -0.1) is 0 Å². The molecular formula is C23H27N3O. The number of aromatic nitrogens is 1. The molecule has 2 aromatic carbocycles. The smallest absolute Gasteiger partial charge is 0.251 e. The molecular weight excluding hydrogens is 334 g/mol. The number of rotatable bonds is 4. The van der Waals surface area contributed by atoms with Crippen LogP contribution in [0, 0.1) is 13.8 Å². The molecule has 1 fully saturated rings. The minimum atomic E-state index is 0.0226. The Morgan fingerprint density at radius 1 is 1.19 bits per heavy atom. The Labute approximate surface area is 160 Å².